The lowest BCUT2D eigenvalue weighted by molar-refractivity contribution is -0.139. The number of carboxylic acids is 1. The first-order valence-corrected chi connectivity index (χ1v) is 14.3. The smallest absolute Gasteiger partial charge is 0.480 e. The molecule has 0 bridgehead atoms. The van der Waals surface area contributed by atoms with Crippen LogP contribution < -0.4 is 14.8 Å². The highest BCUT2D eigenvalue weighted by Crippen LogP contribution is 2.30. The van der Waals surface area contributed by atoms with Crippen LogP contribution in [0, 0.1) is 5.41 Å². The van der Waals surface area contributed by atoms with E-state index in [2.05, 4.69) is 5.32 Å². The molecular weight excluding hydrogens is 550 g/mol. The van der Waals surface area contributed by atoms with Crippen molar-refractivity contribution in [1.29, 1.82) is 0 Å². The van der Waals surface area contributed by atoms with Crippen molar-refractivity contribution in [3.8, 4) is 11.5 Å². The first-order chi connectivity index (χ1) is 19.6. The van der Waals surface area contributed by atoms with Crippen molar-refractivity contribution in [3.05, 3.63) is 23.8 Å². The van der Waals surface area contributed by atoms with Gasteiger partial charge in [0, 0.05) is 6.54 Å². The van der Waals surface area contributed by atoms with E-state index >= 15 is 0 Å². The van der Waals surface area contributed by atoms with Gasteiger partial charge >= 0.3 is 24.4 Å². The van der Waals surface area contributed by atoms with Crippen LogP contribution >= 0.6 is 0 Å². The molecule has 0 aliphatic carbocycles. The molecule has 0 aromatic heterocycles. The van der Waals surface area contributed by atoms with Gasteiger partial charge in [-0.25, -0.2) is 14.4 Å². The van der Waals surface area contributed by atoms with Gasteiger partial charge in [0.15, 0.2) is 11.5 Å². The summed E-state index contributed by atoms with van der Waals surface area (Å²) in [6.45, 7) is 14.9. The Morgan fingerprint density at radius 3 is 1.83 bits per heavy atom. The highest BCUT2D eigenvalue weighted by molar-refractivity contribution is 5.74. The predicted molar refractivity (Wildman–Crippen MR) is 154 cm³/mol. The van der Waals surface area contributed by atoms with Crippen LogP contribution in [0.5, 0.6) is 11.5 Å². The third-order valence-electron chi connectivity index (χ3n) is 5.69. The van der Waals surface area contributed by atoms with Gasteiger partial charge in [-0.05, 0) is 63.1 Å². The zero-order valence-electron chi connectivity index (χ0n) is 26.0. The molecule has 0 fully saturated rings. The maximum atomic E-state index is 12.4. The number of hydrogen-bond donors (Lipinski definition) is 2. The maximum Gasteiger partial charge on any atom is 0.514 e. The molecule has 12 nitrogen and oxygen atoms in total. The van der Waals surface area contributed by atoms with Gasteiger partial charge < -0.3 is 38.8 Å². The Morgan fingerprint density at radius 2 is 1.33 bits per heavy atom. The molecule has 0 saturated carbocycles. The molecule has 1 aromatic carbocycles. The highest BCUT2D eigenvalue weighted by Gasteiger charge is 2.24. The minimum atomic E-state index is -1.15. The van der Waals surface area contributed by atoms with E-state index in [-0.39, 0.29) is 42.6 Å². The van der Waals surface area contributed by atoms with Crippen LogP contribution in [0.15, 0.2) is 18.2 Å². The van der Waals surface area contributed by atoms with Gasteiger partial charge in [-0.3, -0.25) is 4.79 Å². The molecule has 0 heterocycles. The molecule has 238 valence electrons. The fraction of sp³-hybridized carbons (Fsp3) is 0.667. The van der Waals surface area contributed by atoms with Gasteiger partial charge in [0.1, 0.15) is 24.4 Å². The lowest BCUT2D eigenvalue weighted by Crippen LogP contribution is -2.42. The zero-order valence-corrected chi connectivity index (χ0v) is 26.0. The van der Waals surface area contributed by atoms with Gasteiger partial charge in [-0.15, -0.1) is 0 Å². The second-order valence-electron chi connectivity index (χ2n) is 11.5. The van der Waals surface area contributed by atoms with Crippen molar-refractivity contribution < 1.29 is 52.7 Å². The number of carboxylic acid groups (broad SMARTS) is 1. The van der Waals surface area contributed by atoms with E-state index in [1.54, 1.807) is 20.8 Å². The summed E-state index contributed by atoms with van der Waals surface area (Å²) < 4.78 is 31.4. The number of carbonyl (C=O) groups is 4. The van der Waals surface area contributed by atoms with E-state index in [1.807, 2.05) is 34.6 Å². The van der Waals surface area contributed by atoms with E-state index < -0.39 is 42.7 Å². The molecule has 0 aliphatic heterocycles. The Balaban J connectivity index is 2.99. The number of aliphatic carboxylic acids is 1. The maximum absolute atomic E-state index is 12.4. The van der Waals surface area contributed by atoms with E-state index in [0.717, 1.165) is 12.8 Å². The average Bonchev–Trinajstić information content (AvgIpc) is 2.86. The molecule has 42 heavy (non-hydrogen) atoms. The summed E-state index contributed by atoms with van der Waals surface area (Å²) in [4.78, 5) is 48.6. The monoisotopic (exact) mass is 597 g/mol. The second-order valence-corrected chi connectivity index (χ2v) is 11.5. The van der Waals surface area contributed by atoms with Gasteiger partial charge in [-0.2, -0.15) is 0 Å². The fourth-order valence-electron chi connectivity index (χ4n) is 3.64. The van der Waals surface area contributed by atoms with Crippen LogP contribution in [0.4, 0.5) is 14.4 Å². The van der Waals surface area contributed by atoms with Crippen molar-refractivity contribution in [3.63, 3.8) is 0 Å². The number of benzene rings is 1. The van der Waals surface area contributed by atoms with Crippen molar-refractivity contribution in [2.45, 2.75) is 112 Å². The minimum absolute atomic E-state index is 0.0353. The van der Waals surface area contributed by atoms with Crippen LogP contribution in [-0.2, 0) is 30.2 Å². The molecule has 2 N–H and O–H groups in total. The van der Waals surface area contributed by atoms with Crippen molar-refractivity contribution in [2.75, 3.05) is 13.2 Å². The third-order valence-corrected chi connectivity index (χ3v) is 5.69. The topological polar surface area (TPSA) is 156 Å². The van der Waals surface area contributed by atoms with Crippen molar-refractivity contribution in [1.82, 2.24) is 5.32 Å². The summed E-state index contributed by atoms with van der Waals surface area (Å²) >= 11 is 0. The molecule has 0 spiro atoms. The Bertz CT molecular complexity index is 1020. The molecule has 0 aliphatic rings. The second kappa shape index (κ2) is 18.1. The number of nitrogens with one attached hydrogen (secondary N) is 1. The highest BCUT2D eigenvalue weighted by atomic mass is 16.8. The van der Waals surface area contributed by atoms with Crippen LogP contribution in [-0.4, -0.2) is 67.0 Å². The molecule has 4 atom stereocenters. The Labute approximate surface area is 248 Å². The molecule has 3 unspecified atom stereocenters. The number of carbonyl (C=O) groups excluding carboxylic acids is 3. The van der Waals surface area contributed by atoms with Crippen LogP contribution in [0.1, 0.15) is 86.6 Å². The van der Waals surface area contributed by atoms with Crippen molar-refractivity contribution in [2.24, 2.45) is 5.41 Å². The number of ether oxygens (including phenoxy) is 6. The molecule has 1 aromatic rings. The van der Waals surface area contributed by atoms with Gasteiger partial charge in [0.2, 0.25) is 0 Å². The lowest BCUT2D eigenvalue weighted by atomic mass is 9.99. The average molecular weight is 598 g/mol. The van der Waals surface area contributed by atoms with Gasteiger partial charge in [0.25, 0.3) is 0 Å². The Hall–Kier alpha value is -3.54. The predicted octanol–water partition coefficient (Wildman–Crippen LogP) is 6.27. The Kier molecular flexibility index (Phi) is 15.7. The van der Waals surface area contributed by atoms with Gasteiger partial charge in [-0.1, -0.05) is 53.5 Å². The fourth-order valence-corrected chi connectivity index (χ4v) is 3.64. The standard InChI is InChI=1S/C30H47NO11/c1-9-11-19(3)38-28(35)41-24-14-13-22(16-25(24)42-29(36)39-20(4)12-10-2)15-23(26(32)33)31-17-21(5)40-27(34)37-18-30(6,7)8/h13-14,16,19-21,23,31H,9-12,15,17-18H2,1-8H3,(H,32,33)/t19?,20?,21?,23-/m0/s1. The summed E-state index contributed by atoms with van der Waals surface area (Å²) in [7, 11) is 0. The SMILES string of the molecule is CCCC(C)OC(=O)Oc1ccc(C[C@H](NCC(C)OC(=O)OCC(C)(C)C)C(=O)O)cc1OC(=O)OC(C)CCC. The number of rotatable bonds is 16. The minimum Gasteiger partial charge on any atom is -0.480 e. The number of hydrogen-bond acceptors (Lipinski definition) is 11. The summed E-state index contributed by atoms with van der Waals surface area (Å²) in [6, 6.07) is 3.23. The van der Waals surface area contributed by atoms with Crippen LogP contribution in [0.2, 0.25) is 0 Å². The van der Waals surface area contributed by atoms with E-state index in [9.17, 15) is 24.3 Å². The molecule has 0 amide bonds. The first kappa shape index (κ1) is 36.5. The zero-order chi connectivity index (χ0) is 31.9. The quantitative estimate of drug-likeness (QED) is 0.125. The molecule has 0 saturated heterocycles. The first-order valence-electron chi connectivity index (χ1n) is 14.3. The summed E-state index contributed by atoms with van der Waals surface area (Å²) in [5.74, 6) is -1.38. The van der Waals surface area contributed by atoms with E-state index in [0.29, 0.717) is 18.4 Å². The van der Waals surface area contributed by atoms with E-state index in [4.69, 9.17) is 28.4 Å². The molecular formula is C30H47NO11. The largest absolute Gasteiger partial charge is 0.514 e. The van der Waals surface area contributed by atoms with Crippen LogP contribution in [0.3, 0.4) is 0 Å². The summed E-state index contributed by atoms with van der Waals surface area (Å²) in [5, 5.41) is 12.6. The summed E-state index contributed by atoms with van der Waals surface area (Å²) in [5.41, 5.74) is 0.230. The Morgan fingerprint density at radius 1 is 0.810 bits per heavy atom. The normalized spacial score (nSPS) is 14.1. The van der Waals surface area contributed by atoms with Crippen LogP contribution in [0.25, 0.3) is 0 Å². The van der Waals surface area contributed by atoms with E-state index in [1.165, 1.54) is 18.2 Å². The third kappa shape index (κ3) is 15.5. The molecule has 1 rings (SSSR count). The van der Waals surface area contributed by atoms with Gasteiger partial charge in [0.05, 0.1) is 6.61 Å². The van der Waals surface area contributed by atoms with Crippen molar-refractivity contribution >= 4 is 24.4 Å². The molecule has 0 radical (unpaired) electrons. The molecule has 12 heteroatoms. The summed E-state index contributed by atoms with van der Waals surface area (Å²) in [6.07, 6.45) is -1.41. The lowest BCUT2D eigenvalue weighted by Gasteiger charge is -2.21.